The summed E-state index contributed by atoms with van der Waals surface area (Å²) >= 11 is 0. The molecule has 0 fully saturated rings. The van der Waals surface area contributed by atoms with Crippen molar-refractivity contribution < 1.29 is 14.4 Å². The van der Waals surface area contributed by atoms with Gasteiger partial charge in [0, 0.05) is 30.2 Å². The Hall–Kier alpha value is -3.62. The van der Waals surface area contributed by atoms with Crippen LogP contribution in [0.15, 0.2) is 53.3 Å². The molecule has 1 unspecified atom stereocenters. The van der Waals surface area contributed by atoms with Gasteiger partial charge in [0.05, 0.1) is 17.0 Å². The summed E-state index contributed by atoms with van der Waals surface area (Å²) in [5, 5.41) is 17.1. The average Bonchev–Trinajstić information content (AvgIpc) is 3.20. The quantitative estimate of drug-likeness (QED) is 0.358. The first-order chi connectivity index (χ1) is 17.0. The lowest BCUT2D eigenvalue weighted by Gasteiger charge is -2.15. The summed E-state index contributed by atoms with van der Waals surface area (Å²) < 4.78 is 11.3. The molecule has 2 N–H and O–H groups in total. The second kappa shape index (κ2) is 11.2. The van der Waals surface area contributed by atoms with E-state index in [1.165, 1.54) is 5.56 Å². The van der Waals surface area contributed by atoms with E-state index in [2.05, 4.69) is 22.4 Å². The Morgan fingerprint density at radius 3 is 2.57 bits per heavy atom. The van der Waals surface area contributed by atoms with Crippen molar-refractivity contribution in [2.45, 2.75) is 39.7 Å². The molecule has 3 heterocycles. The van der Waals surface area contributed by atoms with Crippen molar-refractivity contribution in [3.8, 4) is 28.4 Å². The van der Waals surface area contributed by atoms with Gasteiger partial charge in [-0.1, -0.05) is 17.3 Å². The minimum absolute atomic E-state index is 0.195. The fourth-order valence-corrected chi connectivity index (χ4v) is 4.02. The highest BCUT2D eigenvalue weighted by Crippen LogP contribution is 2.32. The van der Waals surface area contributed by atoms with Crippen LogP contribution in [-0.2, 0) is 12.8 Å². The lowest BCUT2D eigenvalue weighted by molar-refractivity contribution is 0.108. The van der Waals surface area contributed by atoms with E-state index in [0.29, 0.717) is 18.1 Å². The number of pyridine rings is 1. The number of aryl methyl sites for hydroxylation is 4. The molecule has 35 heavy (non-hydrogen) atoms. The first-order valence-electron chi connectivity index (χ1n) is 11.7. The Bertz CT molecular complexity index is 1250. The van der Waals surface area contributed by atoms with E-state index in [-0.39, 0.29) is 6.61 Å². The molecule has 4 rings (SSSR count). The number of aromatic nitrogens is 4. The molecule has 0 bridgehead atoms. The number of likely N-dealkylation sites (N-methyl/N-ethyl adjacent to an activating group) is 1. The summed E-state index contributed by atoms with van der Waals surface area (Å²) in [6.45, 7) is 6.53. The molecule has 8 heteroatoms. The van der Waals surface area contributed by atoms with Crippen LogP contribution in [0.4, 0.5) is 0 Å². The molecule has 0 aliphatic heterocycles. The van der Waals surface area contributed by atoms with Gasteiger partial charge in [0.2, 0.25) is 0 Å². The average molecular weight is 474 g/mol. The molecule has 0 amide bonds. The van der Waals surface area contributed by atoms with Gasteiger partial charge in [0.1, 0.15) is 24.2 Å². The lowest BCUT2D eigenvalue weighted by atomic mass is 10.00. The number of nitrogens with one attached hydrogen (secondary N) is 1. The van der Waals surface area contributed by atoms with Crippen molar-refractivity contribution in [2.24, 2.45) is 0 Å². The zero-order chi connectivity index (χ0) is 24.8. The van der Waals surface area contributed by atoms with E-state index >= 15 is 0 Å². The zero-order valence-electron chi connectivity index (χ0n) is 20.6. The number of aliphatic hydroxyl groups excluding tert-OH is 1. The van der Waals surface area contributed by atoms with E-state index in [1.54, 1.807) is 7.05 Å². The van der Waals surface area contributed by atoms with Gasteiger partial charge >= 0.3 is 0 Å². The second-order valence-electron chi connectivity index (χ2n) is 8.57. The van der Waals surface area contributed by atoms with Gasteiger partial charge in [-0.15, -0.1) is 0 Å². The van der Waals surface area contributed by atoms with Crippen molar-refractivity contribution in [2.75, 3.05) is 20.2 Å². The molecule has 0 aliphatic carbocycles. The van der Waals surface area contributed by atoms with Gasteiger partial charge in [0.15, 0.2) is 5.82 Å². The van der Waals surface area contributed by atoms with E-state index in [1.807, 2.05) is 62.6 Å². The molecular weight excluding hydrogens is 442 g/mol. The number of aliphatic hydroxyl groups is 1. The highest BCUT2D eigenvalue weighted by Gasteiger charge is 2.20. The van der Waals surface area contributed by atoms with Crippen LogP contribution in [0, 0.1) is 20.8 Å². The minimum Gasteiger partial charge on any atom is -0.491 e. The molecule has 0 radical (unpaired) electrons. The first-order valence-corrected chi connectivity index (χ1v) is 11.7. The molecule has 1 atom stereocenters. The van der Waals surface area contributed by atoms with Crippen molar-refractivity contribution in [1.29, 1.82) is 0 Å². The third-order valence-corrected chi connectivity index (χ3v) is 5.89. The Morgan fingerprint density at radius 2 is 1.86 bits per heavy atom. The highest BCUT2D eigenvalue weighted by atomic mass is 16.5. The highest BCUT2D eigenvalue weighted by molar-refractivity contribution is 5.71. The maximum Gasteiger partial charge on any atom is 0.160 e. The predicted molar refractivity (Wildman–Crippen MR) is 134 cm³/mol. The molecule has 3 aromatic heterocycles. The van der Waals surface area contributed by atoms with Gasteiger partial charge < -0.3 is 19.7 Å². The number of nitrogens with zero attached hydrogens (tertiary/aromatic N) is 4. The molecule has 0 saturated heterocycles. The number of rotatable bonds is 10. The van der Waals surface area contributed by atoms with Crippen LogP contribution in [0.2, 0.25) is 0 Å². The largest absolute Gasteiger partial charge is 0.491 e. The smallest absolute Gasteiger partial charge is 0.160 e. The summed E-state index contributed by atoms with van der Waals surface area (Å²) in [4.78, 5) is 14.0. The molecule has 0 saturated carbocycles. The third-order valence-electron chi connectivity index (χ3n) is 5.89. The van der Waals surface area contributed by atoms with E-state index in [0.717, 1.165) is 52.4 Å². The monoisotopic (exact) mass is 473 g/mol. The number of hydrogen-bond donors (Lipinski definition) is 2. The van der Waals surface area contributed by atoms with Crippen LogP contribution in [0.5, 0.6) is 5.75 Å². The van der Waals surface area contributed by atoms with E-state index in [9.17, 15) is 5.11 Å². The molecule has 4 aromatic rings. The maximum absolute atomic E-state index is 9.98. The first kappa shape index (κ1) is 24.5. The van der Waals surface area contributed by atoms with Crippen molar-refractivity contribution in [1.82, 2.24) is 25.4 Å². The van der Waals surface area contributed by atoms with Gasteiger partial charge in [-0.2, -0.15) is 0 Å². The molecule has 0 spiro atoms. The van der Waals surface area contributed by atoms with Crippen LogP contribution >= 0.6 is 0 Å². The zero-order valence-corrected chi connectivity index (χ0v) is 20.6. The van der Waals surface area contributed by atoms with Crippen molar-refractivity contribution >= 4 is 0 Å². The topological polar surface area (TPSA) is 106 Å². The maximum atomic E-state index is 9.98. The summed E-state index contributed by atoms with van der Waals surface area (Å²) in [5.74, 6) is 1.99. The summed E-state index contributed by atoms with van der Waals surface area (Å²) in [5.41, 5.74) is 6.55. The van der Waals surface area contributed by atoms with Crippen molar-refractivity contribution in [3.63, 3.8) is 0 Å². The number of benzene rings is 1. The normalized spacial score (nSPS) is 12.0. The van der Waals surface area contributed by atoms with Crippen LogP contribution < -0.4 is 10.1 Å². The van der Waals surface area contributed by atoms with Gasteiger partial charge in [-0.25, -0.2) is 9.97 Å². The van der Waals surface area contributed by atoms with Gasteiger partial charge in [-0.05, 0) is 76.1 Å². The molecule has 8 nitrogen and oxygen atoms in total. The van der Waals surface area contributed by atoms with E-state index in [4.69, 9.17) is 19.2 Å². The molecule has 182 valence electrons. The third kappa shape index (κ3) is 5.90. The van der Waals surface area contributed by atoms with Crippen LogP contribution in [0.25, 0.3) is 22.6 Å². The Labute approximate surface area is 205 Å². The van der Waals surface area contributed by atoms with Crippen LogP contribution in [0.1, 0.15) is 28.3 Å². The second-order valence-corrected chi connectivity index (χ2v) is 8.57. The van der Waals surface area contributed by atoms with Crippen LogP contribution in [-0.4, -0.2) is 51.5 Å². The summed E-state index contributed by atoms with van der Waals surface area (Å²) in [6.07, 6.45) is 4.62. The Morgan fingerprint density at radius 1 is 1.06 bits per heavy atom. The number of ether oxygens (including phenoxy) is 1. The van der Waals surface area contributed by atoms with Crippen LogP contribution in [0.3, 0.4) is 0 Å². The lowest BCUT2D eigenvalue weighted by Crippen LogP contribution is -2.29. The fraction of sp³-hybridized carbons (Fsp3) is 0.333. The summed E-state index contributed by atoms with van der Waals surface area (Å²) in [7, 11) is 1.79. The summed E-state index contributed by atoms with van der Waals surface area (Å²) in [6, 6.07) is 11.7. The minimum atomic E-state index is -0.592. The molecular formula is C27H31N5O3. The molecule has 0 aliphatic rings. The SMILES string of the molecule is CNCC(O)COc1cccc(-c2nc(CCc3ccncc3)c(C)c(-c3c(C)noc3C)n2)c1. The Balaban J connectivity index is 1.71. The van der Waals surface area contributed by atoms with Crippen molar-refractivity contribution in [3.05, 3.63) is 77.1 Å². The van der Waals surface area contributed by atoms with Gasteiger partial charge in [0.25, 0.3) is 0 Å². The predicted octanol–water partition coefficient (Wildman–Crippen LogP) is 3.86. The van der Waals surface area contributed by atoms with E-state index < -0.39 is 6.10 Å². The number of hydrogen-bond acceptors (Lipinski definition) is 8. The molecule has 1 aromatic carbocycles. The standard InChI is InChI=1S/C27H31N5O3/c1-17-24(9-8-20-10-12-29-13-11-20)30-27(31-26(17)25-18(2)32-35-19(25)3)21-6-5-7-23(14-21)34-16-22(33)15-28-4/h5-7,10-14,22,28,33H,8-9,15-16H2,1-4H3. The Kier molecular flexibility index (Phi) is 7.84. The van der Waals surface area contributed by atoms with Gasteiger partial charge in [-0.3, -0.25) is 4.98 Å². The fourth-order valence-electron chi connectivity index (χ4n) is 4.02.